The van der Waals surface area contributed by atoms with Crippen molar-refractivity contribution in [1.29, 1.82) is 0 Å². The first kappa shape index (κ1) is 19.4. The summed E-state index contributed by atoms with van der Waals surface area (Å²) in [5, 5.41) is 11.8. The lowest BCUT2D eigenvalue weighted by molar-refractivity contribution is 0.0997. The number of amides is 1. The molecule has 5 nitrogen and oxygen atoms in total. The number of hydrogen-bond acceptors (Lipinski definition) is 3. The zero-order valence-corrected chi connectivity index (χ0v) is 16.6. The summed E-state index contributed by atoms with van der Waals surface area (Å²) in [6, 6.07) is 10.5. The minimum atomic E-state index is -3.56. The Hall–Kier alpha value is -2.33. The van der Waals surface area contributed by atoms with E-state index in [0.717, 1.165) is 11.1 Å². The van der Waals surface area contributed by atoms with Crippen molar-refractivity contribution in [3.8, 4) is 0 Å². The number of nitrogens with two attached hydrogens (primary N) is 1. The number of hydrogen-bond donors (Lipinski definition) is 3. The van der Waals surface area contributed by atoms with Gasteiger partial charge in [-0.1, -0.05) is 29.8 Å². The van der Waals surface area contributed by atoms with Crippen LogP contribution < -0.4 is 16.3 Å². The quantitative estimate of drug-likeness (QED) is 0.569. The molecule has 0 unspecified atom stereocenters. The summed E-state index contributed by atoms with van der Waals surface area (Å²) in [6.45, 7) is 3.78. The van der Waals surface area contributed by atoms with Crippen LogP contribution in [0.1, 0.15) is 28.5 Å². The average molecular weight is 403 g/mol. The van der Waals surface area contributed by atoms with Gasteiger partial charge in [-0.25, -0.2) is 0 Å². The van der Waals surface area contributed by atoms with Crippen LogP contribution in [0.15, 0.2) is 42.5 Å². The molecule has 27 heavy (non-hydrogen) atoms. The Bertz CT molecular complexity index is 1120. The monoisotopic (exact) mass is 402 g/mol. The molecule has 1 amide bonds. The number of H-pyrrole nitrogens is 1. The first-order valence-electron chi connectivity index (χ1n) is 8.36. The van der Waals surface area contributed by atoms with Crippen LogP contribution in [0.2, 0.25) is 5.02 Å². The average Bonchev–Trinajstić information content (AvgIpc) is 3.00. The Morgan fingerprint density at radius 1 is 1.30 bits per heavy atom. The van der Waals surface area contributed by atoms with Gasteiger partial charge in [-0.3, -0.25) is 4.79 Å². The lowest BCUT2D eigenvalue weighted by Gasteiger charge is -2.18. The van der Waals surface area contributed by atoms with Crippen molar-refractivity contribution >= 4 is 52.2 Å². The Labute approximate surface area is 162 Å². The fourth-order valence-corrected chi connectivity index (χ4v) is 5.88. The summed E-state index contributed by atoms with van der Waals surface area (Å²) < 4.78 is 14.1. The third-order valence-corrected chi connectivity index (χ3v) is 7.31. The molecule has 0 aliphatic rings. The summed E-state index contributed by atoms with van der Waals surface area (Å²) in [5.74, 6) is -0.743. The Kier molecular flexibility index (Phi) is 5.29. The maximum atomic E-state index is 14.1. The Morgan fingerprint density at radius 3 is 2.67 bits per heavy atom. The van der Waals surface area contributed by atoms with E-state index in [2.05, 4.69) is 4.98 Å². The standard InChI is InChI=1S/C20H20ClN2O3P/c1-3-4-13-7-12(2)8-15(9-13)27(26,11-24)19-16-10-14(21)5-6-17(16)23-18(19)20(22)25/h3-10,23-24H,11H2,1-2H3,(H2,22,25)/b4-3+/t27-/m0/s1. The van der Waals surface area contributed by atoms with Gasteiger partial charge in [-0.2, -0.15) is 0 Å². The van der Waals surface area contributed by atoms with Crippen molar-refractivity contribution in [2.75, 3.05) is 6.35 Å². The normalized spacial score (nSPS) is 13.9. The van der Waals surface area contributed by atoms with E-state index in [1.165, 1.54) is 0 Å². The van der Waals surface area contributed by atoms with Crippen molar-refractivity contribution in [2.24, 2.45) is 5.73 Å². The molecule has 1 atom stereocenters. The first-order valence-corrected chi connectivity index (χ1v) is 10.6. The minimum Gasteiger partial charge on any atom is -0.388 e. The van der Waals surface area contributed by atoms with Crippen LogP contribution in [0.25, 0.3) is 17.0 Å². The zero-order chi connectivity index (χ0) is 19.8. The van der Waals surface area contributed by atoms with Crippen molar-refractivity contribution in [1.82, 2.24) is 4.98 Å². The fourth-order valence-electron chi connectivity index (χ4n) is 3.27. The van der Waals surface area contributed by atoms with Crippen LogP contribution in [0.5, 0.6) is 0 Å². The lowest BCUT2D eigenvalue weighted by Crippen LogP contribution is -2.26. The number of aromatic nitrogens is 1. The SMILES string of the molecule is C/C=C/c1cc(C)cc([P@@](=O)(CO)c2c(C(N)=O)[nH]c3ccc(Cl)cc23)c1. The molecule has 0 fully saturated rings. The van der Waals surface area contributed by atoms with Crippen molar-refractivity contribution in [3.05, 3.63) is 64.3 Å². The lowest BCUT2D eigenvalue weighted by atomic mass is 10.1. The number of primary amides is 1. The fraction of sp³-hybridized carbons (Fsp3) is 0.150. The topological polar surface area (TPSA) is 96.2 Å². The predicted molar refractivity (Wildman–Crippen MR) is 112 cm³/mol. The third-order valence-electron chi connectivity index (χ3n) is 4.40. The Balaban J connectivity index is 2.39. The van der Waals surface area contributed by atoms with E-state index in [-0.39, 0.29) is 11.0 Å². The molecule has 1 heterocycles. The van der Waals surface area contributed by atoms with Crippen LogP contribution in [0, 0.1) is 6.92 Å². The van der Waals surface area contributed by atoms with Gasteiger partial charge in [0.05, 0.1) is 5.30 Å². The maximum absolute atomic E-state index is 14.1. The number of aliphatic hydroxyl groups excluding tert-OH is 1. The number of carbonyl (C=O) groups is 1. The highest BCUT2D eigenvalue weighted by Crippen LogP contribution is 2.46. The van der Waals surface area contributed by atoms with Gasteiger partial charge in [0.25, 0.3) is 5.91 Å². The first-order chi connectivity index (χ1) is 12.8. The molecular formula is C20H20ClN2O3P. The molecule has 2 aromatic carbocycles. The Morgan fingerprint density at radius 2 is 2.04 bits per heavy atom. The molecule has 0 saturated heterocycles. The number of aryl methyl sites for hydroxylation is 1. The molecule has 0 saturated carbocycles. The second-order valence-corrected chi connectivity index (χ2v) is 9.55. The highest BCUT2D eigenvalue weighted by molar-refractivity contribution is 7.79. The smallest absolute Gasteiger partial charge is 0.265 e. The molecule has 7 heteroatoms. The molecule has 4 N–H and O–H groups in total. The number of fused-ring (bicyclic) bond motifs is 1. The second kappa shape index (κ2) is 7.35. The molecule has 0 spiro atoms. The van der Waals surface area contributed by atoms with Gasteiger partial charge in [-0.05, 0) is 55.3 Å². The number of aliphatic hydroxyl groups is 1. The number of allylic oxidation sites excluding steroid dienone is 1. The molecular weight excluding hydrogens is 383 g/mol. The van der Waals surface area contributed by atoms with E-state index in [4.69, 9.17) is 17.3 Å². The number of aromatic amines is 1. The van der Waals surface area contributed by atoms with Gasteiger partial charge in [0.2, 0.25) is 0 Å². The minimum absolute atomic E-state index is 0.0266. The van der Waals surface area contributed by atoms with E-state index in [0.29, 0.717) is 21.2 Å². The van der Waals surface area contributed by atoms with E-state index < -0.39 is 19.4 Å². The number of benzene rings is 2. The summed E-state index contributed by atoms with van der Waals surface area (Å²) in [6.07, 6.45) is 3.13. The van der Waals surface area contributed by atoms with Gasteiger partial charge < -0.3 is 20.4 Å². The number of halogens is 1. The zero-order valence-electron chi connectivity index (χ0n) is 15.0. The molecule has 0 radical (unpaired) electrons. The van der Waals surface area contributed by atoms with Gasteiger partial charge in [-0.15, -0.1) is 0 Å². The molecule has 3 aromatic rings. The van der Waals surface area contributed by atoms with Crippen LogP contribution in [-0.4, -0.2) is 22.3 Å². The summed E-state index contributed by atoms with van der Waals surface area (Å²) in [7, 11) is -3.56. The van der Waals surface area contributed by atoms with Gasteiger partial charge in [0.1, 0.15) is 12.0 Å². The van der Waals surface area contributed by atoms with Crippen LogP contribution >= 0.6 is 18.7 Å². The molecule has 140 valence electrons. The summed E-state index contributed by atoms with van der Waals surface area (Å²) >= 11 is 6.12. The largest absolute Gasteiger partial charge is 0.388 e. The van der Waals surface area contributed by atoms with E-state index >= 15 is 0 Å². The van der Waals surface area contributed by atoms with Crippen molar-refractivity contribution in [2.45, 2.75) is 13.8 Å². The van der Waals surface area contributed by atoms with Gasteiger partial charge in [0, 0.05) is 21.2 Å². The molecule has 3 rings (SSSR count). The van der Waals surface area contributed by atoms with E-state index in [1.54, 1.807) is 30.3 Å². The van der Waals surface area contributed by atoms with Crippen LogP contribution in [0.3, 0.4) is 0 Å². The van der Waals surface area contributed by atoms with E-state index in [1.807, 2.05) is 32.1 Å². The van der Waals surface area contributed by atoms with Crippen molar-refractivity contribution in [3.63, 3.8) is 0 Å². The molecule has 0 aliphatic carbocycles. The number of nitrogens with one attached hydrogen (secondary N) is 1. The summed E-state index contributed by atoms with van der Waals surface area (Å²) in [5.41, 5.74) is 7.90. The highest BCUT2D eigenvalue weighted by Gasteiger charge is 2.34. The predicted octanol–water partition coefficient (Wildman–Crippen LogP) is 3.53. The maximum Gasteiger partial charge on any atom is 0.265 e. The highest BCUT2D eigenvalue weighted by atomic mass is 35.5. The molecule has 1 aromatic heterocycles. The van der Waals surface area contributed by atoms with E-state index in [9.17, 15) is 14.5 Å². The van der Waals surface area contributed by atoms with Crippen LogP contribution in [-0.2, 0) is 4.57 Å². The van der Waals surface area contributed by atoms with Gasteiger partial charge in [0.15, 0.2) is 7.14 Å². The number of carbonyl (C=O) groups excluding carboxylic acids is 1. The summed E-state index contributed by atoms with van der Waals surface area (Å²) in [4.78, 5) is 15.0. The molecule has 0 aliphatic heterocycles. The number of rotatable bonds is 5. The molecule has 0 bridgehead atoms. The van der Waals surface area contributed by atoms with Gasteiger partial charge >= 0.3 is 0 Å². The third kappa shape index (κ3) is 3.46. The second-order valence-electron chi connectivity index (χ2n) is 6.39. The van der Waals surface area contributed by atoms with Crippen LogP contribution in [0.4, 0.5) is 0 Å². The van der Waals surface area contributed by atoms with Crippen molar-refractivity contribution < 1.29 is 14.5 Å².